The zero-order valence-corrected chi connectivity index (χ0v) is 19.1. The van der Waals surface area contributed by atoms with Crippen molar-refractivity contribution in [3.8, 4) is 0 Å². The first-order valence-corrected chi connectivity index (χ1v) is 12.2. The van der Waals surface area contributed by atoms with Gasteiger partial charge in [0.15, 0.2) is 0 Å². The molecule has 8 heteroatoms. The van der Waals surface area contributed by atoms with Gasteiger partial charge in [0.05, 0.1) is 17.7 Å². The summed E-state index contributed by atoms with van der Waals surface area (Å²) in [5.41, 5.74) is 0.247. The van der Waals surface area contributed by atoms with E-state index < -0.39 is 11.6 Å². The van der Waals surface area contributed by atoms with E-state index in [1.165, 1.54) is 0 Å². The van der Waals surface area contributed by atoms with Gasteiger partial charge >= 0.3 is 0 Å². The second-order valence-electron chi connectivity index (χ2n) is 8.20. The van der Waals surface area contributed by atoms with Crippen molar-refractivity contribution in [3.63, 3.8) is 0 Å². The molecule has 2 atom stereocenters. The van der Waals surface area contributed by atoms with Crippen LogP contribution in [-0.2, 0) is 15.1 Å². The lowest BCUT2D eigenvalue weighted by Gasteiger charge is -2.47. The minimum atomic E-state index is -0.733. The molecule has 1 aliphatic carbocycles. The molecule has 1 saturated carbocycles. The monoisotopic (exact) mass is 452 g/mol. The number of likely N-dealkylation sites (tertiary alicyclic amines) is 1. The van der Waals surface area contributed by atoms with Crippen LogP contribution in [0.3, 0.4) is 0 Å². The number of aliphatic hydroxyl groups excluding tert-OH is 2. The number of piperidine rings is 1. The maximum atomic E-state index is 13.1. The van der Waals surface area contributed by atoms with Crippen LogP contribution >= 0.6 is 11.8 Å². The Labute approximate surface area is 189 Å². The summed E-state index contributed by atoms with van der Waals surface area (Å²) in [6.45, 7) is 4.31. The van der Waals surface area contributed by atoms with E-state index in [9.17, 15) is 15.0 Å². The van der Waals surface area contributed by atoms with E-state index in [4.69, 9.17) is 9.90 Å². The van der Waals surface area contributed by atoms with Crippen LogP contribution in [0.15, 0.2) is 30.3 Å². The molecule has 1 heterocycles. The van der Waals surface area contributed by atoms with E-state index in [0.29, 0.717) is 38.6 Å². The smallest absolute Gasteiger partial charge is 0.290 e. The summed E-state index contributed by atoms with van der Waals surface area (Å²) in [4.78, 5) is 23.7. The highest BCUT2D eigenvalue weighted by molar-refractivity contribution is 7.99. The maximum absolute atomic E-state index is 13.1. The van der Waals surface area contributed by atoms with Crippen LogP contribution in [0.5, 0.6) is 0 Å². The molecule has 1 aromatic rings. The Morgan fingerprint density at radius 2 is 1.87 bits per heavy atom. The van der Waals surface area contributed by atoms with Crippen LogP contribution in [0, 0.1) is 5.92 Å². The number of thioether (sulfide) groups is 1. The summed E-state index contributed by atoms with van der Waals surface area (Å²) >= 11 is 1.92. The average molecular weight is 453 g/mol. The van der Waals surface area contributed by atoms with Crippen LogP contribution in [0.2, 0.25) is 0 Å². The molecule has 1 saturated heterocycles. The number of β-amino-alcohol motifs (C(OH)–C–C–N with tert-alkyl or cyclic N) is 1. The number of nitrogens with one attached hydrogen (secondary N) is 1. The Kier molecular flexibility index (Phi) is 10.8. The van der Waals surface area contributed by atoms with Gasteiger partial charge in [-0.05, 0) is 43.4 Å². The molecule has 7 nitrogen and oxygen atoms in total. The Morgan fingerprint density at radius 1 is 1.23 bits per heavy atom. The molecule has 0 spiro atoms. The fourth-order valence-corrected chi connectivity index (χ4v) is 5.16. The molecule has 1 aromatic carbocycles. The fraction of sp³-hybridized carbons (Fsp3) is 0.652. The average Bonchev–Trinajstić information content (AvgIpc) is 2.77. The van der Waals surface area contributed by atoms with Crippen molar-refractivity contribution in [1.82, 2.24) is 10.2 Å². The molecular formula is C23H36N2O5S. The van der Waals surface area contributed by atoms with Gasteiger partial charge in [0.2, 0.25) is 5.91 Å². The third kappa shape index (κ3) is 7.20. The summed E-state index contributed by atoms with van der Waals surface area (Å²) in [5.74, 6) is 2.12. The minimum Gasteiger partial charge on any atom is -0.483 e. The van der Waals surface area contributed by atoms with Gasteiger partial charge in [-0.15, -0.1) is 0 Å². The topological polar surface area (TPSA) is 110 Å². The standard InChI is InChI=1S/C22H34N2O3S.CH2O2/c1-2-28-15-14-24-13-12-22(20(26)16-24,18-6-4-3-5-7-18)23-21(27)17-8-10-19(25)11-9-17;2-1-3/h3-7,17,19-20,25-26H,2,8-16H2,1H3,(H,23,27);1H,(H,2,3)/t17?,19?,20-,22+;/m1./s1. The second kappa shape index (κ2) is 13.1. The van der Waals surface area contributed by atoms with E-state index in [0.717, 1.165) is 30.2 Å². The number of hydrogen-bond acceptors (Lipinski definition) is 6. The van der Waals surface area contributed by atoms with Gasteiger partial charge in [0.1, 0.15) is 0 Å². The maximum Gasteiger partial charge on any atom is 0.290 e. The molecule has 2 aliphatic rings. The Morgan fingerprint density at radius 3 is 2.45 bits per heavy atom. The molecule has 1 amide bonds. The first kappa shape index (κ1) is 25.6. The predicted octanol–water partition coefficient (Wildman–Crippen LogP) is 2.07. The molecule has 174 valence electrons. The highest BCUT2D eigenvalue weighted by Crippen LogP contribution is 2.35. The number of aliphatic hydroxyl groups is 2. The van der Waals surface area contributed by atoms with E-state index >= 15 is 0 Å². The highest BCUT2D eigenvalue weighted by atomic mass is 32.2. The number of benzene rings is 1. The number of carboxylic acid groups (broad SMARTS) is 1. The minimum absolute atomic E-state index is 0.0183. The molecule has 0 aromatic heterocycles. The molecule has 0 radical (unpaired) electrons. The lowest BCUT2D eigenvalue weighted by molar-refractivity contribution is -0.132. The zero-order valence-electron chi connectivity index (χ0n) is 18.3. The van der Waals surface area contributed by atoms with Crippen LogP contribution in [0.1, 0.15) is 44.6 Å². The quantitative estimate of drug-likeness (QED) is 0.370. The Hall–Kier alpha value is -1.61. The lowest BCUT2D eigenvalue weighted by atomic mass is 9.77. The van der Waals surface area contributed by atoms with E-state index in [1.807, 2.05) is 42.1 Å². The van der Waals surface area contributed by atoms with Crippen molar-refractivity contribution >= 4 is 24.1 Å². The van der Waals surface area contributed by atoms with Crippen LogP contribution in [0.4, 0.5) is 0 Å². The summed E-state index contributed by atoms with van der Waals surface area (Å²) in [5, 5.41) is 31.1. The number of nitrogens with zero attached hydrogens (tertiary/aromatic N) is 1. The van der Waals surface area contributed by atoms with Gasteiger partial charge in [-0.25, -0.2) is 0 Å². The highest BCUT2D eigenvalue weighted by Gasteiger charge is 2.45. The molecule has 3 rings (SSSR count). The van der Waals surface area contributed by atoms with Crippen molar-refractivity contribution < 1.29 is 24.9 Å². The van der Waals surface area contributed by atoms with Crippen LogP contribution < -0.4 is 5.32 Å². The summed E-state index contributed by atoms with van der Waals surface area (Å²) < 4.78 is 0. The van der Waals surface area contributed by atoms with Crippen molar-refractivity contribution in [2.75, 3.05) is 31.1 Å². The van der Waals surface area contributed by atoms with Crippen molar-refractivity contribution in [3.05, 3.63) is 35.9 Å². The predicted molar refractivity (Wildman–Crippen MR) is 123 cm³/mol. The zero-order chi connectivity index (χ0) is 22.7. The third-order valence-corrected chi connectivity index (χ3v) is 7.16. The van der Waals surface area contributed by atoms with Crippen LogP contribution in [0.25, 0.3) is 0 Å². The molecule has 0 bridgehead atoms. The second-order valence-corrected chi connectivity index (χ2v) is 9.59. The summed E-state index contributed by atoms with van der Waals surface area (Å²) in [7, 11) is 0. The number of hydrogen-bond donors (Lipinski definition) is 4. The number of amides is 1. The van der Waals surface area contributed by atoms with Gasteiger partial charge in [-0.2, -0.15) is 11.8 Å². The molecule has 2 fully saturated rings. The van der Waals surface area contributed by atoms with Crippen LogP contribution in [-0.4, -0.2) is 75.9 Å². The van der Waals surface area contributed by atoms with Gasteiger partial charge in [0.25, 0.3) is 6.47 Å². The van der Waals surface area contributed by atoms with E-state index in [2.05, 4.69) is 17.1 Å². The number of carbonyl (C=O) groups excluding carboxylic acids is 1. The largest absolute Gasteiger partial charge is 0.483 e. The normalized spacial score (nSPS) is 28.8. The SMILES string of the molecule is CCSCCN1CC[C@](NC(=O)C2CCC(O)CC2)(c2ccccc2)[C@H](O)C1.O=CO. The fourth-order valence-electron chi connectivity index (χ4n) is 4.48. The Balaban J connectivity index is 0.00000107. The van der Waals surface area contributed by atoms with Crippen molar-refractivity contribution in [2.45, 2.75) is 56.8 Å². The molecule has 4 N–H and O–H groups in total. The molecular weight excluding hydrogens is 416 g/mol. The van der Waals surface area contributed by atoms with Gasteiger partial charge < -0.3 is 20.6 Å². The molecule has 1 aliphatic heterocycles. The summed E-state index contributed by atoms with van der Waals surface area (Å²) in [6, 6.07) is 9.92. The lowest BCUT2D eigenvalue weighted by Crippen LogP contribution is -2.63. The molecule has 0 unspecified atom stereocenters. The van der Waals surface area contributed by atoms with Crippen molar-refractivity contribution in [1.29, 1.82) is 0 Å². The van der Waals surface area contributed by atoms with Crippen molar-refractivity contribution in [2.24, 2.45) is 5.92 Å². The number of rotatable bonds is 7. The van der Waals surface area contributed by atoms with Gasteiger partial charge in [-0.1, -0.05) is 37.3 Å². The van der Waals surface area contributed by atoms with E-state index in [1.54, 1.807) is 0 Å². The van der Waals surface area contributed by atoms with Gasteiger partial charge in [0, 0.05) is 31.3 Å². The Bertz CT molecular complexity index is 669. The number of carbonyl (C=O) groups is 2. The van der Waals surface area contributed by atoms with Gasteiger partial charge in [-0.3, -0.25) is 14.5 Å². The summed E-state index contributed by atoms with van der Waals surface area (Å²) in [6.07, 6.45) is 2.58. The third-order valence-electron chi connectivity index (χ3n) is 6.28. The van der Waals surface area contributed by atoms with E-state index in [-0.39, 0.29) is 24.4 Å². The molecule has 31 heavy (non-hydrogen) atoms. The first-order chi connectivity index (χ1) is 15.0. The first-order valence-electron chi connectivity index (χ1n) is 11.1.